The molecule has 0 aromatic heterocycles. The Morgan fingerprint density at radius 3 is 1.56 bits per heavy atom. The first-order valence-corrected chi connectivity index (χ1v) is 5.32. The zero-order valence-corrected chi connectivity index (χ0v) is 8.95. The van der Waals surface area contributed by atoms with Gasteiger partial charge < -0.3 is 5.11 Å². The fourth-order valence-electron chi connectivity index (χ4n) is 1.82. The van der Waals surface area contributed by atoms with Gasteiger partial charge in [0.15, 0.2) is 0 Å². The topological polar surface area (TPSA) is 20.2 Å². The predicted octanol–water partition coefficient (Wildman–Crippen LogP) is 3.89. The highest BCUT2D eigenvalue weighted by Gasteiger charge is 2.09. The van der Waals surface area contributed by atoms with Crippen LogP contribution < -0.4 is 0 Å². The summed E-state index contributed by atoms with van der Waals surface area (Å²) in [5, 5.41) is 8.98. The summed E-state index contributed by atoms with van der Waals surface area (Å²) in [4.78, 5) is 0. The van der Waals surface area contributed by atoms with Crippen LogP contribution in [0, 0.1) is 0 Å². The van der Waals surface area contributed by atoms with E-state index in [1.807, 2.05) is 36.4 Å². The minimum atomic E-state index is 0.118. The second-order valence-electron chi connectivity index (χ2n) is 3.64. The third-order valence-electron chi connectivity index (χ3n) is 2.60. The molecular weight excluding hydrogens is 196 g/mol. The van der Waals surface area contributed by atoms with Crippen molar-refractivity contribution in [3.05, 3.63) is 84.1 Å². The number of hydrogen-bond acceptors (Lipinski definition) is 1. The summed E-state index contributed by atoms with van der Waals surface area (Å²) >= 11 is 0. The molecule has 0 saturated heterocycles. The van der Waals surface area contributed by atoms with E-state index in [1.54, 1.807) is 6.08 Å². The second-order valence-corrected chi connectivity index (χ2v) is 3.64. The zero-order chi connectivity index (χ0) is 11.2. The van der Waals surface area contributed by atoms with Crippen LogP contribution in [0.5, 0.6) is 0 Å². The van der Waals surface area contributed by atoms with Gasteiger partial charge in [-0.15, -0.1) is 0 Å². The Hall–Kier alpha value is -2.02. The van der Waals surface area contributed by atoms with Crippen LogP contribution in [-0.4, -0.2) is 5.11 Å². The number of aliphatic hydroxyl groups is 1. The molecule has 0 unspecified atom stereocenters. The van der Waals surface area contributed by atoms with Crippen LogP contribution in [0.1, 0.15) is 17.0 Å². The van der Waals surface area contributed by atoms with Gasteiger partial charge in [-0.05, 0) is 17.2 Å². The number of rotatable bonds is 3. The molecule has 0 spiro atoms. The van der Waals surface area contributed by atoms with Crippen LogP contribution in [0.4, 0.5) is 0 Å². The molecule has 0 heterocycles. The molecule has 2 aromatic carbocycles. The molecule has 0 aliphatic carbocycles. The lowest BCUT2D eigenvalue weighted by molar-refractivity contribution is 0.470. The third-order valence-corrected chi connectivity index (χ3v) is 2.60. The van der Waals surface area contributed by atoms with E-state index in [1.165, 1.54) is 11.1 Å². The molecule has 80 valence electrons. The fourth-order valence-corrected chi connectivity index (χ4v) is 1.82. The molecule has 0 saturated carbocycles. The molecule has 2 aromatic rings. The monoisotopic (exact) mass is 210 g/mol. The van der Waals surface area contributed by atoms with Crippen molar-refractivity contribution in [1.29, 1.82) is 0 Å². The molecule has 1 heteroatoms. The summed E-state index contributed by atoms with van der Waals surface area (Å²) in [6, 6.07) is 20.3. The van der Waals surface area contributed by atoms with Crippen molar-refractivity contribution in [2.45, 2.75) is 5.92 Å². The SMILES string of the molecule is O/C=C/C(c1ccccc1)c1ccccc1. The average Bonchev–Trinajstić information content (AvgIpc) is 2.38. The van der Waals surface area contributed by atoms with Gasteiger partial charge in [0.1, 0.15) is 0 Å². The minimum absolute atomic E-state index is 0.118. The highest BCUT2D eigenvalue weighted by atomic mass is 16.2. The van der Waals surface area contributed by atoms with Crippen LogP contribution in [0.15, 0.2) is 73.0 Å². The molecule has 0 bridgehead atoms. The first-order chi connectivity index (χ1) is 7.92. The molecule has 0 radical (unpaired) electrons. The fraction of sp³-hybridized carbons (Fsp3) is 0.0667. The highest BCUT2D eigenvalue weighted by Crippen LogP contribution is 2.25. The molecule has 2 rings (SSSR count). The van der Waals surface area contributed by atoms with Gasteiger partial charge in [-0.2, -0.15) is 0 Å². The number of allylic oxidation sites excluding steroid dienone is 1. The number of hydrogen-bond donors (Lipinski definition) is 1. The van der Waals surface area contributed by atoms with Crippen molar-refractivity contribution < 1.29 is 5.11 Å². The molecule has 1 N–H and O–H groups in total. The summed E-state index contributed by atoms with van der Waals surface area (Å²) in [5.41, 5.74) is 2.36. The van der Waals surface area contributed by atoms with Crippen LogP contribution in [0.3, 0.4) is 0 Å². The van der Waals surface area contributed by atoms with Gasteiger partial charge in [0.25, 0.3) is 0 Å². The van der Waals surface area contributed by atoms with Gasteiger partial charge in [0.2, 0.25) is 0 Å². The number of benzene rings is 2. The Labute approximate surface area is 95.7 Å². The minimum Gasteiger partial charge on any atom is -0.516 e. The molecular formula is C15H14O. The zero-order valence-electron chi connectivity index (χ0n) is 8.95. The first-order valence-electron chi connectivity index (χ1n) is 5.32. The van der Waals surface area contributed by atoms with Gasteiger partial charge >= 0.3 is 0 Å². The predicted molar refractivity (Wildman–Crippen MR) is 66.5 cm³/mol. The van der Waals surface area contributed by atoms with Gasteiger partial charge in [0, 0.05) is 5.92 Å². The second kappa shape index (κ2) is 5.17. The van der Waals surface area contributed by atoms with E-state index in [0.29, 0.717) is 0 Å². The van der Waals surface area contributed by atoms with E-state index >= 15 is 0 Å². The Kier molecular flexibility index (Phi) is 3.39. The molecule has 16 heavy (non-hydrogen) atoms. The summed E-state index contributed by atoms with van der Waals surface area (Å²) in [6.45, 7) is 0. The molecule has 0 amide bonds. The summed E-state index contributed by atoms with van der Waals surface area (Å²) in [7, 11) is 0. The number of aliphatic hydroxyl groups excluding tert-OH is 1. The van der Waals surface area contributed by atoms with E-state index in [4.69, 9.17) is 5.11 Å². The van der Waals surface area contributed by atoms with Crippen molar-refractivity contribution in [3.8, 4) is 0 Å². The molecule has 0 atom stereocenters. The Morgan fingerprint density at radius 1 is 0.750 bits per heavy atom. The Bertz CT molecular complexity index is 406. The van der Waals surface area contributed by atoms with Crippen molar-refractivity contribution >= 4 is 0 Å². The van der Waals surface area contributed by atoms with E-state index in [9.17, 15) is 0 Å². The van der Waals surface area contributed by atoms with Crippen LogP contribution in [-0.2, 0) is 0 Å². The first kappa shape index (κ1) is 10.5. The van der Waals surface area contributed by atoms with Gasteiger partial charge in [0.05, 0.1) is 6.26 Å². The Morgan fingerprint density at radius 2 is 1.19 bits per heavy atom. The summed E-state index contributed by atoms with van der Waals surface area (Å²) in [5.74, 6) is 0.118. The maximum Gasteiger partial charge on any atom is 0.0761 e. The quantitative estimate of drug-likeness (QED) is 0.762. The van der Waals surface area contributed by atoms with Crippen molar-refractivity contribution in [3.63, 3.8) is 0 Å². The van der Waals surface area contributed by atoms with Crippen LogP contribution in [0.2, 0.25) is 0 Å². The van der Waals surface area contributed by atoms with Crippen molar-refractivity contribution in [1.82, 2.24) is 0 Å². The van der Waals surface area contributed by atoms with Gasteiger partial charge in [-0.3, -0.25) is 0 Å². The van der Waals surface area contributed by atoms with Crippen molar-refractivity contribution in [2.24, 2.45) is 0 Å². The van der Waals surface area contributed by atoms with E-state index in [0.717, 1.165) is 6.26 Å². The maximum absolute atomic E-state index is 8.98. The standard InChI is InChI=1S/C15H14O/c16-12-11-15(13-7-3-1-4-8-13)14-9-5-2-6-10-14/h1-12,15-16H/b12-11+. The lowest BCUT2D eigenvalue weighted by atomic mass is 9.91. The lowest BCUT2D eigenvalue weighted by Gasteiger charge is -2.13. The van der Waals surface area contributed by atoms with E-state index in [-0.39, 0.29) is 5.92 Å². The van der Waals surface area contributed by atoms with Gasteiger partial charge in [-0.25, -0.2) is 0 Å². The average molecular weight is 210 g/mol. The summed E-state index contributed by atoms with van der Waals surface area (Å²) in [6.07, 6.45) is 2.91. The smallest absolute Gasteiger partial charge is 0.0761 e. The van der Waals surface area contributed by atoms with Crippen LogP contribution in [0.25, 0.3) is 0 Å². The van der Waals surface area contributed by atoms with Gasteiger partial charge in [-0.1, -0.05) is 60.7 Å². The highest BCUT2D eigenvalue weighted by molar-refractivity contribution is 5.36. The summed E-state index contributed by atoms with van der Waals surface area (Å²) < 4.78 is 0. The van der Waals surface area contributed by atoms with E-state index in [2.05, 4.69) is 24.3 Å². The normalized spacial score (nSPS) is 11.1. The largest absolute Gasteiger partial charge is 0.516 e. The Balaban J connectivity index is 2.39. The van der Waals surface area contributed by atoms with E-state index < -0.39 is 0 Å². The molecule has 1 nitrogen and oxygen atoms in total. The van der Waals surface area contributed by atoms with Crippen molar-refractivity contribution in [2.75, 3.05) is 0 Å². The lowest BCUT2D eigenvalue weighted by Crippen LogP contribution is -1.97. The molecule has 0 fully saturated rings. The molecule has 0 aliphatic rings. The van der Waals surface area contributed by atoms with Crippen LogP contribution >= 0.6 is 0 Å². The third kappa shape index (κ3) is 2.31. The molecule has 0 aliphatic heterocycles. The maximum atomic E-state index is 8.98.